The van der Waals surface area contributed by atoms with Crippen LogP contribution >= 0.6 is 0 Å². The molecule has 1 N–H and O–H groups in total. The predicted octanol–water partition coefficient (Wildman–Crippen LogP) is 1.49. The third-order valence-corrected chi connectivity index (χ3v) is 5.28. The number of nitrogens with one attached hydrogen (secondary N) is 1. The van der Waals surface area contributed by atoms with E-state index >= 15 is 0 Å². The van der Waals surface area contributed by atoms with E-state index in [9.17, 15) is 14.4 Å². The Morgan fingerprint density at radius 1 is 1.07 bits per heavy atom. The molecule has 1 aromatic carbocycles. The number of methoxy groups -OCH3 is 1. The number of ether oxygens (including phenoxy) is 1. The van der Waals surface area contributed by atoms with Crippen molar-refractivity contribution in [1.82, 2.24) is 15.1 Å². The standard InChI is InChI=1S/C20H27N3O4/c1-27-16-7-5-15(6-8-16)17(22-11-3-2-4-12-22)13-21-18(24)14-23-19(25)9-10-20(23)26/h5-8,17H,2-4,9-14H2,1H3,(H,21,24). The summed E-state index contributed by atoms with van der Waals surface area (Å²) in [7, 11) is 1.64. The number of nitrogens with zero attached hydrogens (tertiary/aromatic N) is 2. The number of carbonyl (C=O) groups is 3. The summed E-state index contributed by atoms with van der Waals surface area (Å²) in [6.07, 6.45) is 3.94. The minimum atomic E-state index is -0.297. The Morgan fingerprint density at radius 2 is 1.70 bits per heavy atom. The van der Waals surface area contributed by atoms with Gasteiger partial charge in [0.05, 0.1) is 13.2 Å². The highest BCUT2D eigenvalue weighted by Crippen LogP contribution is 2.26. The Bertz CT molecular complexity index is 667. The lowest BCUT2D eigenvalue weighted by molar-refractivity contribution is -0.142. The minimum absolute atomic E-state index is 0.0603. The molecule has 3 amide bonds. The summed E-state index contributed by atoms with van der Waals surface area (Å²) < 4.78 is 5.23. The van der Waals surface area contributed by atoms with Gasteiger partial charge < -0.3 is 10.1 Å². The molecule has 0 spiro atoms. The van der Waals surface area contributed by atoms with Gasteiger partial charge in [0.15, 0.2) is 0 Å². The van der Waals surface area contributed by atoms with Crippen molar-refractivity contribution in [2.45, 2.75) is 38.1 Å². The molecule has 2 fully saturated rings. The van der Waals surface area contributed by atoms with Gasteiger partial charge >= 0.3 is 0 Å². The first kappa shape index (κ1) is 19.4. The highest BCUT2D eigenvalue weighted by Gasteiger charge is 2.31. The summed E-state index contributed by atoms with van der Waals surface area (Å²) in [6, 6.07) is 7.96. The van der Waals surface area contributed by atoms with Crippen molar-refractivity contribution in [2.24, 2.45) is 0 Å². The number of rotatable bonds is 7. The topological polar surface area (TPSA) is 79.0 Å². The fourth-order valence-corrected chi connectivity index (χ4v) is 3.72. The van der Waals surface area contributed by atoms with Gasteiger partial charge in [-0.25, -0.2) is 0 Å². The monoisotopic (exact) mass is 373 g/mol. The number of imide groups is 1. The maximum Gasteiger partial charge on any atom is 0.240 e. The predicted molar refractivity (Wildman–Crippen MR) is 100 cm³/mol. The molecule has 0 saturated carbocycles. The molecule has 2 saturated heterocycles. The van der Waals surface area contributed by atoms with Gasteiger partial charge in [-0.3, -0.25) is 24.2 Å². The highest BCUT2D eigenvalue weighted by atomic mass is 16.5. The molecule has 27 heavy (non-hydrogen) atoms. The first-order valence-electron chi connectivity index (χ1n) is 9.56. The van der Waals surface area contributed by atoms with E-state index in [1.165, 1.54) is 6.42 Å². The van der Waals surface area contributed by atoms with E-state index in [4.69, 9.17) is 4.74 Å². The lowest BCUT2D eigenvalue weighted by Crippen LogP contribution is -2.44. The SMILES string of the molecule is COc1ccc(C(CNC(=O)CN2C(=O)CCC2=O)N2CCCCC2)cc1. The van der Waals surface area contributed by atoms with Crippen LogP contribution < -0.4 is 10.1 Å². The molecule has 0 bridgehead atoms. The zero-order chi connectivity index (χ0) is 19.2. The van der Waals surface area contributed by atoms with Crippen molar-refractivity contribution in [3.63, 3.8) is 0 Å². The molecule has 2 heterocycles. The molecule has 0 radical (unpaired) electrons. The minimum Gasteiger partial charge on any atom is -0.497 e. The van der Waals surface area contributed by atoms with E-state index in [0.29, 0.717) is 6.54 Å². The fourth-order valence-electron chi connectivity index (χ4n) is 3.72. The van der Waals surface area contributed by atoms with Crippen molar-refractivity contribution in [3.05, 3.63) is 29.8 Å². The molecule has 3 rings (SSSR count). The summed E-state index contributed by atoms with van der Waals surface area (Å²) in [5, 5.41) is 2.92. The second kappa shape index (κ2) is 8.99. The summed E-state index contributed by atoms with van der Waals surface area (Å²) in [5.74, 6) is -0.0314. The van der Waals surface area contributed by atoms with Crippen LogP contribution in [0.1, 0.15) is 43.7 Å². The zero-order valence-corrected chi connectivity index (χ0v) is 15.8. The molecule has 2 aliphatic rings. The average Bonchev–Trinajstić information content (AvgIpc) is 3.01. The molecule has 7 heteroatoms. The van der Waals surface area contributed by atoms with Crippen molar-refractivity contribution in [3.8, 4) is 5.75 Å². The van der Waals surface area contributed by atoms with Crippen LogP contribution in [0.3, 0.4) is 0 Å². The van der Waals surface area contributed by atoms with E-state index < -0.39 is 0 Å². The van der Waals surface area contributed by atoms with Gasteiger partial charge in [-0.2, -0.15) is 0 Å². The van der Waals surface area contributed by atoms with Crippen molar-refractivity contribution >= 4 is 17.7 Å². The first-order valence-corrected chi connectivity index (χ1v) is 9.56. The number of piperidine rings is 1. The van der Waals surface area contributed by atoms with Gasteiger partial charge in [-0.05, 0) is 43.6 Å². The van der Waals surface area contributed by atoms with Crippen LogP contribution in [0.2, 0.25) is 0 Å². The average molecular weight is 373 g/mol. The van der Waals surface area contributed by atoms with Crippen LogP contribution in [0, 0.1) is 0 Å². The first-order chi connectivity index (χ1) is 13.1. The molecule has 0 aliphatic carbocycles. The number of hydrogen-bond donors (Lipinski definition) is 1. The smallest absolute Gasteiger partial charge is 0.240 e. The third-order valence-electron chi connectivity index (χ3n) is 5.28. The Kier molecular flexibility index (Phi) is 6.45. The number of likely N-dealkylation sites (tertiary alicyclic amines) is 2. The van der Waals surface area contributed by atoms with E-state index in [2.05, 4.69) is 10.2 Å². The summed E-state index contributed by atoms with van der Waals surface area (Å²) in [6.45, 7) is 2.25. The van der Waals surface area contributed by atoms with E-state index in [1.54, 1.807) is 7.11 Å². The van der Waals surface area contributed by atoms with E-state index in [-0.39, 0.29) is 43.1 Å². The largest absolute Gasteiger partial charge is 0.497 e. The van der Waals surface area contributed by atoms with E-state index in [1.807, 2.05) is 24.3 Å². The highest BCUT2D eigenvalue weighted by molar-refractivity contribution is 6.04. The van der Waals surface area contributed by atoms with Crippen molar-refractivity contribution < 1.29 is 19.1 Å². The third kappa shape index (κ3) is 4.86. The van der Waals surface area contributed by atoms with Gasteiger partial charge in [0.2, 0.25) is 17.7 Å². The van der Waals surface area contributed by atoms with Crippen LogP contribution in [-0.4, -0.2) is 60.8 Å². The van der Waals surface area contributed by atoms with Gasteiger partial charge in [0.1, 0.15) is 12.3 Å². The number of carbonyl (C=O) groups excluding carboxylic acids is 3. The Balaban J connectivity index is 1.64. The number of benzene rings is 1. The number of hydrogen-bond acceptors (Lipinski definition) is 5. The Hall–Kier alpha value is -2.41. The maximum absolute atomic E-state index is 12.3. The lowest BCUT2D eigenvalue weighted by Gasteiger charge is -2.35. The van der Waals surface area contributed by atoms with Crippen molar-refractivity contribution in [2.75, 3.05) is 33.3 Å². The summed E-state index contributed by atoms with van der Waals surface area (Å²) >= 11 is 0. The fraction of sp³-hybridized carbons (Fsp3) is 0.550. The van der Waals surface area contributed by atoms with Gasteiger partial charge in [0, 0.05) is 19.4 Å². The maximum atomic E-state index is 12.3. The van der Waals surface area contributed by atoms with Gasteiger partial charge in [0.25, 0.3) is 0 Å². The molecular weight excluding hydrogens is 346 g/mol. The molecule has 1 aromatic rings. The molecule has 1 unspecified atom stereocenters. The zero-order valence-electron chi connectivity index (χ0n) is 15.8. The van der Waals surface area contributed by atoms with Crippen LogP contribution in [0.15, 0.2) is 24.3 Å². The van der Waals surface area contributed by atoms with Crippen molar-refractivity contribution in [1.29, 1.82) is 0 Å². The quantitative estimate of drug-likeness (QED) is 0.733. The Labute approximate surface area is 159 Å². The molecule has 146 valence electrons. The Morgan fingerprint density at radius 3 is 2.30 bits per heavy atom. The molecule has 7 nitrogen and oxygen atoms in total. The second-order valence-electron chi connectivity index (χ2n) is 7.06. The normalized spacial score (nSPS) is 19.2. The van der Waals surface area contributed by atoms with Crippen LogP contribution in [0.25, 0.3) is 0 Å². The molecule has 1 atom stereocenters. The molecule has 2 aliphatic heterocycles. The lowest BCUT2D eigenvalue weighted by atomic mass is 10.0. The van der Waals surface area contributed by atoms with E-state index in [0.717, 1.165) is 42.1 Å². The van der Waals surface area contributed by atoms with Crippen LogP contribution in [-0.2, 0) is 14.4 Å². The van der Waals surface area contributed by atoms with Crippen LogP contribution in [0.5, 0.6) is 5.75 Å². The second-order valence-corrected chi connectivity index (χ2v) is 7.06. The molecular formula is C20H27N3O4. The summed E-state index contributed by atoms with van der Waals surface area (Å²) in [4.78, 5) is 39.1. The van der Waals surface area contributed by atoms with Gasteiger partial charge in [-0.15, -0.1) is 0 Å². The summed E-state index contributed by atoms with van der Waals surface area (Å²) in [5.41, 5.74) is 1.12. The van der Waals surface area contributed by atoms with Gasteiger partial charge in [-0.1, -0.05) is 18.6 Å². The van der Waals surface area contributed by atoms with Crippen LogP contribution in [0.4, 0.5) is 0 Å². The molecule has 0 aromatic heterocycles. The number of amides is 3.